The summed E-state index contributed by atoms with van der Waals surface area (Å²) in [7, 11) is 0. The Hall–Kier alpha value is -0.850. The van der Waals surface area contributed by atoms with Crippen LogP contribution < -0.4 is 0 Å². The first-order valence-corrected chi connectivity index (χ1v) is 7.92. The van der Waals surface area contributed by atoms with Gasteiger partial charge in [0.05, 0.1) is 6.67 Å². The van der Waals surface area contributed by atoms with Crippen LogP contribution in [0, 0.1) is 0 Å². The van der Waals surface area contributed by atoms with Crippen molar-refractivity contribution in [2.75, 3.05) is 6.67 Å². The van der Waals surface area contributed by atoms with Gasteiger partial charge in [-0.05, 0) is 38.5 Å². The smallest absolute Gasteiger partial charge is 0.0894 e. The minimum Gasteiger partial charge on any atom is -0.251 e. The van der Waals surface area contributed by atoms with Crippen molar-refractivity contribution in [1.29, 1.82) is 0 Å². The molecular weight excluding hydrogens is 235 g/mol. The van der Waals surface area contributed by atoms with Gasteiger partial charge in [-0.1, -0.05) is 69.1 Å². The summed E-state index contributed by atoms with van der Waals surface area (Å²) >= 11 is 0. The van der Waals surface area contributed by atoms with Gasteiger partial charge in [-0.3, -0.25) is 4.39 Å². The third-order valence-corrected chi connectivity index (χ3v) is 3.03. The van der Waals surface area contributed by atoms with Crippen molar-refractivity contribution in [3.63, 3.8) is 0 Å². The van der Waals surface area contributed by atoms with E-state index in [4.69, 9.17) is 0 Å². The van der Waals surface area contributed by atoms with E-state index in [1.807, 2.05) is 0 Å². The molecule has 0 fully saturated rings. The molecule has 19 heavy (non-hydrogen) atoms. The fraction of sp³-hybridized carbons (Fsp3) is 0.667. The largest absolute Gasteiger partial charge is 0.251 e. The van der Waals surface area contributed by atoms with Gasteiger partial charge in [0.2, 0.25) is 0 Å². The summed E-state index contributed by atoms with van der Waals surface area (Å²) in [6.45, 7) is 2.01. The topological polar surface area (TPSA) is 0 Å². The number of allylic oxidation sites excluding steroid dienone is 6. The highest BCUT2D eigenvalue weighted by Gasteiger charge is 1.89. The third-order valence-electron chi connectivity index (χ3n) is 3.03. The van der Waals surface area contributed by atoms with Crippen LogP contribution in [0.1, 0.15) is 71.1 Å². The Balaban J connectivity index is 3.19. The third kappa shape index (κ3) is 17.1. The second-order valence-electron chi connectivity index (χ2n) is 4.89. The van der Waals surface area contributed by atoms with Gasteiger partial charge in [0.15, 0.2) is 0 Å². The fourth-order valence-corrected chi connectivity index (χ4v) is 1.89. The quantitative estimate of drug-likeness (QED) is 0.262. The molecule has 0 aromatic heterocycles. The van der Waals surface area contributed by atoms with Crippen molar-refractivity contribution < 1.29 is 4.39 Å². The van der Waals surface area contributed by atoms with Gasteiger partial charge in [-0.2, -0.15) is 0 Å². The SMILES string of the molecule is CC/C=C\C/C=C\C/C=C\CCCCCCCCF. The average Bonchev–Trinajstić information content (AvgIpc) is 2.43. The lowest BCUT2D eigenvalue weighted by Crippen LogP contribution is -1.80. The van der Waals surface area contributed by atoms with E-state index in [1.165, 1.54) is 32.1 Å². The molecule has 0 spiro atoms. The molecule has 110 valence electrons. The number of hydrogen-bond acceptors (Lipinski definition) is 0. The van der Waals surface area contributed by atoms with Crippen LogP contribution in [0.3, 0.4) is 0 Å². The molecule has 0 saturated heterocycles. The Morgan fingerprint density at radius 1 is 0.632 bits per heavy atom. The highest BCUT2D eigenvalue weighted by Crippen LogP contribution is 2.07. The van der Waals surface area contributed by atoms with E-state index < -0.39 is 0 Å². The Labute approximate surface area is 119 Å². The minimum atomic E-state index is -0.148. The lowest BCUT2D eigenvalue weighted by Gasteiger charge is -1.98. The standard InChI is InChI=1S/C18H31F/c1-2-3-4-5-6-7-8-9-10-11-12-13-14-15-16-17-18-19/h3-4,6-7,9-10H,2,5,8,11-18H2,1H3/b4-3-,7-6-,10-9-. The van der Waals surface area contributed by atoms with Crippen LogP contribution in [-0.2, 0) is 0 Å². The van der Waals surface area contributed by atoms with E-state index in [-0.39, 0.29) is 6.67 Å². The summed E-state index contributed by atoms with van der Waals surface area (Å²) in [5, 5.41) is 0. The van der Waals surface area contributed by atoms with E-state index >= 15 is 0 Å². The zero-order chi connectivity index (χ0) is 14.0. The molecule has 0 saturated carbocycles. The van der Waals surface area contributed by atoms with Crippen LogP contribution in [0.5, 0.6) is 0 Å². The maximum absolute atomic E-state index is 11.8. The second kappa shape index (κ2) is 17.2. The van der Waals surface area contributed by atoms with Crippen molar-refractivity contribution >= 4 is 0 Å². The van der Waals surface area contributed by atoms with E-state index in [2.05, 4.69) is 43.4 Å². The first-order chi connectivity index (χ1) is 9.41. The monoisotopic (exact) mass is 266 g/mol. The van der Waals surface area contributed by atoms with Crippen LogP contribution in [0.25, 0.3) is 0 Å². The number of unbranched alkanes of at least 4 members (excludes halogenated alkanes) is 6. The van der Waals surface area contributed by atoms with Crippen LogP contribution >= 0.6 is 0 Å². The molecule has 0 aromatic carbocycles. The minimum absolute atomic E-state index is 0.148. The summed E-state index contributed by atoms with van der Waals surface area (Å²) in [5.74, 6) is 0. The van der Waals surface area contributed by atoms with Crippen molar-refractivity contribution in [3.05, 3.63) is 36.5 Å². The lowest BCUT2D eigenvalue weighted by atomic mass is 10.1. The Kier molecular flexibility index (Phi) is 16.4. The van der Waals surface area contributed by atoms with E-state index in [0.717, 1.165) is 32.1 Å². The number of halogens is 1. The van der Waals surface area contributed by atoms with Crippen molar-refractivity contribution in [3.8, 4) is 0 Å². The van der Waals surface area contributed by atoms with Crippen molar-refractivity contribution in [1.82, 2.24) is 0 Å². The fourth-order valence-electron chi connectivity index (χ4n) is 1.89. The Morgan fingerprint density at radius 3 is 1.79 bits per heavy atom. The molecule has 0 nitrogen and oxygen atoms in total. The van der Waals surface area contributed by atoms with Gasteiger partial charge in [0.1, 0.15) is 0 Å². The van der Waals surface area contributed by atoms with Crippen molar-refractivity contribution in [2.45, 2.75) is 71.1 Å². The molecule has 0 aliphatic rings. The summed E-state index contributed by atoms with van der Waals surface area (Å²) in [6.07, 6.45) is 24.7. The molecule has 0 rings (SSSR count). The Bertz CT molecular complexity index is 238. The molecule has 0 N–H and O–H groups in total. The Morgan fingerprint density at radius 2 is 1.16 bits per heavy atom. The van der Waals surface area contributed by atoms with Crippen molar-refractivity contribution in [2.24, 2.45) is 0 Å². The summed E-state index contributed by atoms with van der Waals surface area (Å²) in [6, 6.07) is 0. The molecule has 0 heterocycles. The highest BCUT2D eigenvalue weighted by molar-refractivity contribution is 4.96. The van der Waals surface area contributed by atoms with Gasteiger partial charge in [-0.15, -0.1) is 0 Å². The van der Waals surface area contributed by atoms with Crippen LogP contribution in [-0.4, -0.2) is 6.67 Å². The zero-order valence-corrected chi connectivity index (χ0v) is 12.6. The molecule has 0 bridgehead atoms. The molecular formula is C18H31F. The van der Waals surface area contributed by atoms with Gasteiger partial charge >= 0.3 is 0 Å². The summed E-state index contributed by atoms with van der Waals surface area (Å²) in [5.41, 5.74) is 0. The number of rotatable bonds is 13. The summed E-state index contributed by atoms with van der Waals surface area (Å²) in [4.78, 5) is 0. The molecule has 1 heteroatoms. The van der Waals surface area contributed by atoms with Crippen LogP contribution in [0.2, 0.25) is 0 Å². The lowest BCUT2D eigenvalue weighted by molar-refractivity contribution is 0.450. The average molecular weight is 266 g/mol. The molecule has 0 aliphatic carbocycles. The van der Waals surface area contributed by atoms with Gasteiger partial charge in [0.25, 0.3) is 0 Å². The normalized spacial score (nSPS) is 12.3. The first-order valence-electron chi connectivity index (χ1n) is 7.92. The molecule has 0 unspecified atom stereocenters. The highest BCUT2D eigenvalue weighted by atomic mass is 19.1. The molecule has 0 aromatic rings. The molecule has 0 aliphatic heterocycles. The number of hydrogen-bond donors (Lipinski definition) is 0. The maximum Gasteiger partial charge on any atom is 0.0894 e. The van der Waals surface area contributed by atoms with Gasteiger partial charge in [0, 0.05) is 0 Å². The zero-order valence-electron chi connectivity index (χ0n) is 12.6. The van der Waals surface area contributed by atoms with E-state index in [9.17, 15) is 4.39 Å². The second-order valence-corrected chi connectivity index (χ2v) is 4.89. The van der Waals surface area contributed by atoms with E-state index in [0.29, 0.717) is 0 Å². The van der Waals surface area contributed by atoms with Crippen LogP contribution in [0.15, 0.2) is 36.5 Å². The predicted molar refractivity (Wildman–Crippen MR) is 85.2 cm³/mol. The maximum atomic E-state index is 11.8. The molecule has 0 radical (unpaired) electrons. The van der Waals surface area contributed by atoms with Crippen LogP contribution in [0.4, 0.5) is 4.39 Å². The number of alkyl halides is 1. The van der Waals surface area contributed by atoms with Gasteiger partial charge < -0.3 is 0 Å². The molecule has 0 atom stereocenters. The first kappa shape index (κ1) is 18.1. The van der Waals surface area contributed by atoms with Gasteiger partial charge in [-0.25, -0.2) is 0 Å². The summed E-state index contributed by atoms with van der Waals surface area (Å²) < 4.78 is 11.8. The van der Waals surface area contributed by atoms with E-state index in [1.54, 1.807) is 0 Å². The predicted octanol–water partition coefficient (Wildman–Crippen LogP) is 6.55. The molecule has 0 amide bonds.